The standard InChI is InChI=1S/C21H28N4O/c1-3-26-20-19(10-7-12-23-20)15-24-21(22-2)25-13-11-18(16-25)14-17-8-5-4-6-9-17/h4-10,12,18H,3,11,13-16H2,1-2H3,(H,22,24). The van der Waals surface area contributed by atoms with E-state index in [1.165, 1.54) is 12.0 Å². The van der Waals surface area contributed by atoms with E-state index in [0.717, 1.165) is 31.0 Å². The summed E-state index contributed by atoms with van der Waals surface area (Å²) < 4.78 is 5.61. The van der Waals surface area contributed by atoms with E-state index in [-0.39, 0.29) is 0 Å². The lowest BCUT2D eigenvalue weighted by Crippen LogP contribution is -2.39. The third kappa shape index (κ3) is 4.75. The number of hydrogen-bond acceptors (Lipinski definition) is 3. The predicted octanol–water partition coefficient (Wildman–Crippen LogP) is 3.12. The van der Waals surface area contributed by atoms with Crippen molar-refractivity contribution in [2.75, 3.05) is 26.7 Å². The molecule has 0 saturated carbocycles. The van der Waals surface area contributed by atoms with Gasteiger partial charge in [0.25, 0.3) is 0 Å². The third-order valence-corrected chi connectivity index (χ3v) is 4.73. The highest BCUT2D eigenvalue weighted by Crippen LogP contribution is 2.21. The number of aliphatic imine (C=N–C) groups is 1. The Bertz CT molecular complexity index is 717. The van der Waals surface area contributed by atoms with Gasteiger partial charge in [-0.05, 0) is 37.3 Å². The predicted molar refractivity (Wildman–Crippen MR) is 105 cm³/mol. The molecule has 26 heavy (non-hydrogen) atoms. The van der Waals surface area contributed by atoms with Gasteiger partial charge in [-0.3, -0.25) is 4.99 Å². The van der Waals surface area contributed by atoms with Crippen molar-refractivity contribution in [3.05, 3.63) is 59.8 Å². The Balaban J connectivity index is 1.55. The SMILES string of the molecule is CCOc1ncccc1CNC(=NC)N1CCC(Cc2ccccc2)C1. The number of pyridine rings is 1. The van der Waals surface area contributed by atoms with Gasteiger partial charge in [0.2, 0.25) is 5.88 Å². The Morgan fingerprint density at radius 1 is 1.27 bits per heavy atom. The van der Waals surface area contributed by atoms with Crippen molar-refractivity contribution < 1.29 is 4.74 Å². The third-order valence-electron chi connectivity index (χ3n) is 4.73. The Hall–Kier alpha value is -2.56. The van der Waals surface area contributed by atoms with E-state index < -0.39 is 0 Å². The Labute approximate surface area is 156 Å². The molecular weight excluding hydrogens is 324 g/mol. The molecule has 0 radical (unpaired) electrons. The van der Waals surface area contributed by atoms with Gasteiger partial charge in [0.1, 0.15) is 0 Å². The van der Waals surface area contributed by atoms with Gasteiger partial charge < -0.3 is 15.0 Å². The average Bonchev–Trinajstić information content (AvgIpc) is 3.13. The van der Waals surface area contributed by atoms with Crippen LogP contribution in [-0.4, -0.2) is 42.6 Å². The summed E-state index contributed by atoms with van der Waals surface area (Å²) in [7, 11) is 1.85. The largest absolute Gasteiger partial charge is 0.478 e. The maximum Gasteiger partial charge on any atom is 0.218 e. The van der Waals surface area contributed by atoms with E-state index in [1.807, 2.05) is 26.1 Å². The summed E-state index contributed by atoms with van der Waals surface area (Å²) in [6, 6.07) is 14.7. The van der Waals surface area contributed by atoms with Gasteiger partial charge in [-0.1, -0.05) is 36.4 Å². The van der Waals surface area contributed by atoms with E-state index in [9.17, 15) is 0 Å². The van der Waals surface area contributed by atoms with Gasteiger partial charge in [-0.2, -0.15) is 0 Å². The fourth-order valence-corrected chi connectivity index (χ4v) is 3.47. The summed E-state index contributed by atoms with van der Waals surface area (Å²) in [5.41, 5.74) is 2.47. The molecule has 5 heteroatoms. The molecule has 1 aliphatic rings. The summed E-state index contributed by atoms with van der Waals surface area (Å²) in [5, 5.41) is 3.47. The zero-order valence-corrected chi connectivity index (χ0v) is 15.7. The number of nitrogens with zero attached hydrogens (tertiary/aromatic N) is 3. The monoisotopic (exact) mass is 352 g/mol. The summed E-state index contributed by atoms with van der Waals surface area (Å²) in [5.74, 6) is 2.32. The van der Waals surface area contributed by atoms with Crippen LogP contribution in [0.2, 0.25) is 0 Å². The highest BCUT2D eigenvalue weighted by Gasteiger charge is 2.25. The molecule has 2 aromatic rings. The summed E-state index contributed by atoms with van der Waals surface area (Å²) >= 11 is 0. The van der Waals surface area contributed by atoms with Crippen LogP contribution in [-0.2, 0) is 13.0 Å². The van der Waals surface area contributed by atoms with E-state index >= 15 is 0 Å². The van der Waals surface area contributed by atoms with Crippen molar-refractivity contribution in [3.63, 3.8) is 0 Å². The molecule has 3 rings (SSSR count). The number of aromatic nitrogens is 1. The van der Waals surface area contributed by atoms with Crippen molar-refractivity contribution in [1.29, 1.82) is 0 Å². The van der Waals surface area contributed by atoms with Crippen molar-refractivity contribution >= 4 is 5.96 Å². The molecule has 5 nitrogen and oxygen atoms in total. The summed E-state index contributed by atoms with van der Waals surface area (Å²) in [6.07, 6.45) is 4.09. The van der Waals surface area contributed by atoms with Crippen molar-refractivity contribution in [2.45, 2.75) is 26.3 Å². The molecule has 138 valence electrons. The maximum absolute atomic E-state index is 5.61. The summed E-state index contributed by atoms with van der Waals surface area (Å²) in [6.45, 7) is 5.34. The first-order valence-corrected chi connectivity index (χ1v) is 9.36. The first-order chi connectivity index (χ1) is 12.8. The topological polar surface area (TPSA) is 49.8 Å². The first-order valence-electron chi connectivity index (χ1n) is 9.36. The molecule has 1 aliphatic heterocycles. The smallest absolute Gasteiger partial charge is 0.218 e. The van der Waals surface area contributed by atoms with Crippen LogP contribution in [0.25, 0.3) is 0 Å². The minimum Gasteiger partial charge on any atom is -0.478 e. The highest BCUT2D eigenvalue weighted by molar-refractivity contribution is 5.80. The Morgan fingerprint density at radius 2 is 2.12 bits per heavy atom. The van der Waals surface area contributed by atoms with E-state index in [2.05, 4.69) is 50.5 Å². The highest BCUT2D eigenvalue weighted by atomic mass is 16.5. The second-order valence-corrected chi connectivity index (χ2v) is 6.59. The van der Waals surface area contributed by atoms with Crippen LogP contribution < -0.4 is 10.1 Å². The second-order valence-electron chi connectivity index (χ2n) is 6.59. The number of benzene rings is 1. The fraction of sp³-hybridized carbons (Fsp3) is 0.429. The minimum atomic E-state index is 0.617. The van der Waals surface area contributed by atoms with Crippen LogP contribution in [0, 0.1) is 5.92 Å². The normalized spacial score (nSPS) is 17.4. The van der Waals surface area contributed by atoms with Crippen LogP contribution in [0.3, 0.4) is 0 Å². The molecule has 0 spiro atoms. The zero-order valence-electron chi connectivity index (χ0n) is 15.7. The lowest BCUT2D eigenvalue weighted by molar-refractivity contribution is 0.322. The number of rotatable bonds is 6. The van der Waals surface area contributed by atoms with Crippen molar-refractivity contribution in [1.82, 2.24) is 15.2 Å². The average molecular weight is 352 g/mol. The van der Waals surface area contributed by atoms with E-state index in [1.54, 1.807) is 6.20 Å². The summed E-state index contributed by atoms with van der Waals surface area (Å²) in [4.78, 5) is 11.1. The second kappa shape index (κ2) is 9.22. The van der Waals surface area contributed by atoms with Gasteiger partial charge >= 0.3 is 0 Å². The molecule has 1 N–H and O–H groups in total. The quantitative estimate of drug-likeness (QED) is 0.641. The van der Waals surface area contributed by atoms with Gasteiger partial charge in [-0.25, -0.2) is 4.98 Å². The zero-order chi connectivity index (χ0) is 18.2. The lowest BCUT2D eigenvalue weighted by atomic mass is 9.99. The minimum absolute atomic E-state index is 0.617. The van der Waals surface area contributed by atoms with Crippen LogP contribution in [0.4, 0.5) is 0 Å². The lowest BCUT2D eigenvalue weighted by Gasteiger charge is -2.22. The van der Waals surface area contributed by atoms with E-state index in [0.29, 0.717) is 24.9 Å². The Morgan fingerprint density at radius 3 is 2.88 bits per heavy atom. The molecule has 1 aromatic heterocycles. The molecule has 1 aromatic carbocycles. The number of hydrogen-bond donors (Lipinski definition) is 1. The Kier molecular flexibility index (Phi) is 6.47. The van der Waals surface area contributed by atoms with Crippen LogP contribution >= 0.6 is 0 Å². The van der Waals surface area contributed by atoms with Gasteiger partial charge in [0.15, 0.2) is 5.96 Å². The molecule has 0 bridgehead atoms. The first kappa shape index (κ1) is 18.2. The van der Waals surface area contributed by atoms with Crippen LogP contribution in [0.1, 0.15) is 24.5 Å². The maximum atomic E-state index is 5.61. The number of ether oxygens (including phenoxy) is 1. The molecule has 1 fully saturated rings. The number of likely N-dealkylation sites (tertiary alicyclic amines) is 1. The van der Waals surface area contributed by atoms with Gasteiger partial charge in [0, 0.05) is 38.4 Å². The molecule has 0 amide bonds. The number of guanidine groups is 1. The molecule has 0 aliphatic carbocycles. The van der Waals surface area contributed by atoms with Crippen LogP contribution in [0.5, 0.6) is 5.88 Å². The van der Waals surface area contributed by atoms with Crippen LogP contribution in [0.15, 0.2) is 53.7 Å². The van der Waals surface area contributed by atoms with Gasteiger partial charge in [-0.15, -0.1) is 0 Å². The molecular formula is C21H28N4O. The molecule has 1 unspecified atom stereocenters. The molecule has 2 heterocycles. The van der Waals surface area contributed by atoms with Crippen molar-refractivity contribution in [2.24, 2.45) is 10.9 Å². The fourth-order valence-electron chi connectivity index (χ4n) is 3.47. The number of nitrogens with one attached hydrogen (secondary N) is 1. The molecule has 1 saturated heterocycles. The molecule has 1 atom stereocenters. The van der Waals surface area contributed by atoms with Crippen molar-refractivity contribution in [3.8, 4) is 5.88 Å². The van der Waals surface area contributed by atoms with E-state index in [4.69, 9.17) is 4.74 Å². The van der Waals surface area contributed by atoms with Gasteiger partial charge in [0.05, 0.1) is 6.61 Å².